The number of aliphatic imine (C=N–C) groups is 1. The van der Waals surface area contributed by atoms with Crippen molar-refractivity contribution in [3.8, 4) is 0 Å². The first-order valence-corrected chi connectivity index (χ1v) is 8.71. The Bertz CT molecular complexity index is 486. The van der Waals surface area contributed by atoms with Crippen molar-refractivity contribution in [3.05, 3.63) is 17.0 Å². The van der Waals surface area contributed by atoms with E-state index in [1.807, 2.05) is 20.9 Å². The Balaban J connectivity index is 1.72. The van der Waals surface area contributed by atoms with Gasteiger partial charge in [0.2, 0.25) is 0 Å². The second kappa shape index (κ2) is 8.91. The molecule has 2 heterocycles. The van der Waals surface area contributed by atoms with Crippen molar-refractivity contribution in [2.24, 2.45) is 4.99 Å². The van der Waals surface area contributed by atoms with E-state index in [0.29, 0.717) is 5.92 Å². The number of aryl methyl sites for hydroxylation is 2. The maximum atomic E-state index is 5.25. The lowest BCUT2D eigenvalue weighted by atomic mass is 10.00. The number of nitrogens with zero attached hydrogens (tertiary/aromatic N) is 3. The normalized spacial score (nSPS) is 18.0. The molecule has 0 amide bonds. The fourth-order valence-electron chi connectivity index (χ4n) is 3.28. The summed E-state index contributed by atoms with van der Waals surface area (Å²) in [6.07, 6.45) is 4.05. The minimum absolute atomic E-state index is 0.335. The lowest BCUT2D eigenvalue weighted by molar-refractivity contribution is 0.232. The van der Waals surface area contributed by atoms with Gasteiger partial charge in [-0.1, -0.05) is 18.5 Å². The molecule has 1 saturated heterocycles. The summed E-state index contributed by atoms with van der Waals surface area (Å²) in [6, 6.07) is 0. The van der Waals surface area contributed by atoms with Gasteiger partial charge in [-0.2, -0.15) is 0 Å². The second-order valence-electron chi connectivity index (χ2n) is 6.42. The van der Waals surface area contributed by atoms with Crippen LogP contribution in [0.15, 0.2) is 9.52 Å². The van der Waals surface area contributed by atoms with Crippen LogP contribution in [0.5, 0.6) is 0 Å². The lowest BCUT2D eigenvalue weighted by Crippen LogP contribution is -2.43. The molecule has 2 rings (SSSR count). The third kappa shape index (κ3) is 5.23. The van der Waals surface area contributed by atoms with Crippen LogP contribution in [0.3, 0.4) is 0 Å². The van der Waals surface area contributed by atoms with E-state index < -0.39 is 0 Å². The summed E-state index contributed by atoms with van der Waals surface area (Å²) in [6.45, 7) is 11.4. The van der Waals surface area contributed by atoms with Crippen LogP contribution in [0.4, 0.5) is 0 Å². The molecule has 0 aromatic carbocycles. The molecular weight excluding hydrogens is 290 g/mol. The summed E-state index contributed by atoms with van der Waals surface area (Å²) in [5.74, 6) is 2.10. The van der Waals surface area contributed by atoms with E-state index in [4.69, 9.17) is 4.52 Å². The molecule has 1 fully saturated rings. The number of hydrogen-bond donors (Lipinski definition) is 2. The summed E-state index contributed by atoms with van der Waals surface area (Å²) in [5, 5.41) is 10.8. The number of nitrogens with one attached hydrogen (secondary N) is 2. The van der Waals surface area contributed by atoms with E-state index in [1.54, 1.807) is 0 Å². The van der Waals surface area contributed by atoms with E-state index in [2.05, 4.69) is 32.6 Å². The Morgan fingerprint density at radius 1 is 1.26 bits per heavy atom. The van der Waals surface area contributed by atoms with Crippen LogP contribution in [0.25, 0.3) is 0 Å². The summed E-state index contributed by atoms with van der Waals surface area (Å²) >= 11 is 0. The highest BCUT2D eigenvalue weighted by Gasteiger charge is 2.16. The van der Waals surface area contributed by atoms with Crippen molar-refractivity contribution < 1.29 is 4.52 Å². The molecule has 1 aromatic heterocycles. The monoisotopic (exact) mass is 321 g/mol. The first kappa shape index (κ1) is 17.8. The topological polar surface area (TPSA) is 65.7 Å². The molecule has 0 aliphatic carbocycles. The van der Waals surface area contributed by atoms with Gasteiger partial charge in [-0.15, -0.1) is 0 Å². The van der Waals surface area contributed by atoms with Crippen LogP contribution >= 0.6 is 0 Å². The highest BCUT2D eigenvalue weighted by atomic mass is 16.5. The van der Waals surface area contributed by atoms with Gasteiger partial charge >= 0.3 is 0 Å². The van der Waals surface area contributed by atoms with Crippen LogP contribution in [0, 0.1) is 13.8 Å². The second-order valence-corrected chi connectivity index (χ2v) is 6.42. The third-order valence-corrected chi connectivity index (χ3v) is 4.55. The van der Waals surface area contributed by atoms with E-state index in [-0.39, 0.29) is 0 Å². The minimum atomic E-state index is 0.335. The molecule has 23 heavy (non-hydrogen) atoms. The zero-order chi connectivity index (χ0) is 16.7. The van der Waals surface area contributed by atoms with Crippen LogP contribution in [-0.2, 0) is 0 Å². The largest absolute Gasteiger partial charge is 0.361 e. The predicted octanol–water partition coefficient (Wildman–Crippen LogP) is 2.05. The molecule has 1 aliphatic heterocycles. The van der Waals surface area contributed by atoms with Gasteiger partial charge < -0.3 is 20.1 Å². The van der Waals surface area contributed by atoms with Crippen molar-refractivity contribution in [1.82, 2.24) is 20.7 Å². The number of likely N-dealkylation sites (tertiary alicyclic amines) is 1. The number of piperidine rings is 1. The predicted molar refractivity (Wildman–Crippen MR) is 94.0 cm³/mol. The van der Waals surface area contributed by atoms with E-state index in [9.17, 15) is 0 Å². The molecule has 6 nitrogen and oxygen atoms in total. The Labute approximate surface area is 139 Å². The minimum Gasteiger partial charge on any atom is -0.361 e. The molecule has 0 radical (unpaired) electrons. The number of rotatable bonds is 6. The van der Waals surface area contributed by atoms with E-state index in [1.165, 1.54) is 37.9 Å². The molecule has 1 unspecified atom stereocenters. The third-order valence-electron chi connectivity index (χ3n) is 4.55. The van der Waals surface area contributed by atoms with Crippen molar-refractivity contribution >= 4 is 5.96 Å². The molecule has 1 atom stereocenters. The fourth-order valence-corrected chi connectivity index (χ4v) is 3.28. The maximum Gasteiger partial charge on any atom is 0.191 e. The van der Waals surface area contributed by atoms with E-state index in [0.717, 1.165) is 37.0 Å². The van der Waals surface area contributed by atoms with Gasteiger partial charge in [0, 0.05) is 38.2 Å². The van der Waals surface area contributed by atoms with Gasteiger partial charge in [-0.05, 0) is 39.8 Å². The van der Waals surface area contributed by atoms with Crippen molar-refractivity contribution in [2.45, 2.75) is 46.0 Å². The van der Waals surface area contributed by atoms with Crippen LogP contribution < -0.4 is 10.6 Å². The SMILES string of the molecule is CN=C(NCCN1CCCCC1)NCC(C)c1c(C)noc1C. The molecule has 0 spiro atoms. The summed E-state index contributed by atoms with van der Waals surface area (Å²) in [7, 11) is 1.82. The summed E-state index contributed by atoms with van der Waals surface area (Å²) < 4.78 is 5.25. The average molecular weight is 321 g/mol. The van der Waals surface area contributed by atoms with Crippen LogP contribution in [0.1, 0.15) is 49.1 Å². The molecule has 1 aliphatic rings. The average Bonchev–Trinajstić information content (AvgIpc) is 2.90. The zero-order valence-corrected chi connectivity index (χ0v) is 15.0. The van der Waals surface area contributed by atoms with Gasteiger partial charge in [-0.25, -0.2) is 0 Å². The molecule has 130 valence electrons. The molecule has 0 bridgehead atoms. The molecule has 1 aromatic rings. The van der Waals surface area contributed by atoms with Crippen molar-refractivity contribution in [1.29, 1.82) is 0 Å². The lowest BCUT2D eigenvalue weighted by Gasteiger charge is -2.26. The van der Waals surface area contributed by atoms with Gasteiger partial charge in [0.15, 0.2) is 5.96 Å². The number of aromatic nitrogens is 1. The summed E-state index contributed by atoms with van der Waals surface area (Å²) in [4.78, 5) is 6.83. The van der Waals surface area contributed by atoms with Gasteiger partial charge in [-0.3, -0.25) is 4.99 Å². The smallest absolute Gasteiger partial charge is 0.191 e. The Morgan fingerprint density at radius 2 is 2.00 bits per heavy atom. The maximum absolute atomic E-state index is 5.25. The number of guanidine groups is 1. The molecule has 0 saturated carbocycles. The van der Waals surface area contributed by atoms with Gasteiger partial charge in [0.05, 0.1) is 5.69 Å². The first-order chi connectivity index (χ1) is 11.1. The van der Waals surface area contributed by atoms with Crippen molar-refractivity contribution in [2.75, 3.05) is 39.8 Å². The highest BCUT2D eigenvalue weighted by Crippen LogP contribution is 2.22. The van der Waals surface area contributed by atoms with Gasteiger partial charge in [0.25, 0.3) is 0 Å². The fraction of sp³-hybridized carbons (Fsp3) is 0.765. The van der Waals surface area contributed by atoms with Crippen LogP contribution in [-0.4, -0.2) is 55.8 Å². The molecule has 2 N–H and O–H groups in total. The zero-order valence-electron chi connectivity index (χ0n) is 15.0. The van der Waals surface area contributed by atoms with Crippen LogP contribution in [0.2, 0.25) is 0 Å². The summed E-state index contributed by atoms with van der Waals surface area (Å²) in [5.41, 5.74) is 2.17. The Kier molecular flexibility index (Phi) is 6.89. The molecule has 6 heteroatoms. The number of hydrogen-bond acceptors (Lipinski definition) is 4. The molecular formula is C17H31N5O. The quantitative estimate of drug-likeness (QED) is 0.620. The van der Waals surface area contributed by atoms with Gasteiger partial charge in [0.1, 0.15) is 5.76 Å². The Hall–Kier alpha value is -1.56. The standard InChI is InChI=1S/C17H31N5O/c1-13(16-14(2)21-23-15(16)3)12-20-17(18-4)19-8-11-22-9-6-5-7-10-22/h13H,5-12H2,1-4H3,(H2,18,19,20). The highest BCUT2D eigenvalue weighted by molar-refractivity contribution is 5.79. The van der Waals surface area contributed by atoms with E-state index >= 15 is 0 Å². The van der Waals surface area contributed by atoms with Crippen molar-refractivity contribution in [3.63, 3.8) is 0 Å². The first-order valence-electron chi connectivity index (χ1n) is 8.71. The Morgan fingerprint density at radius 3 is 2.61 bits per heavy atom.